The van der Waals surface area contributed by atoms with Gasteiger partial charge in [0.05, 0.1) is 6.04 Å². The molecular weight excluding hydrogens is 298 g/mol. The molecule has 1 amide bonds. The third kappa shape index (κ3) is 2.33. The van der Waals surface area contributed by atoms with Crippen molar-refractivity contribution >= 4 is 17.2 Å². The van der Waals surface area contributed by atoms with E-state index in [2.05, 4.69) is 15.2 Å². The Bertz CT molecular complexity index is 666. The number of thiazole rings is 1. The number of carbonyl (C=O) groups excluding carboxylic acids is 1. The minimum absolute atomic E-state index is 0.0144. The van der Waals surface area contributed by atoms with E-state index < -0.39 is 0 Å². The first-order valence-corrected chi connectivity index (χ1v) is 8.85. The standard InChI is InChI=1S/C15H19N5OS/c21-15(13-18-17-12-6-2-4-9-20(12)13)19-8-3-1-5-11(19)14-16-7-10-22-14/h7,10-11H,1-6,8-9H2/t11-/m1/s1. The number of aryl methyl sites for hydroxylation is 1. The van der Waals surface area contributed by atoms with Gasteiger partial charge in [0.2, 0.25) is 5.82 Å². The van der Waals surface area contributed by atoms with E-state index >= 15 is 0 Å². The molecule has 0 aromatic carbocycles. The van der Waals surface area contributed by atoms with Crippen LogP contribution in [0.4, 0.5) is 0 Å². The van der Waals surface area contributed by atoms with Crippen LogP contribution in [0.3, 0.4) is 0 Å². The lowest BCUT2D eigenvalue weighted by Crippen LogP contribution is -2.40. The van der Waals surface area contributed by atoms with Crippen LogP contribution in [0.2, 0.25) is 0 Å². The fourth-order valence-corrected chi connectivity index (χ4v) is 4.21. The molecule has 2 aromatic heterocycles. The zero-order valence-electron chi connectivity index (χ0n) is 12.4. The van der Waals surface area contributed by atoms with Crippen LogP contribution >= 0.6 is 11.3 Å². The Labute approximate surface area is 133 Å². The maximum absolute atomic E-state index is 13.0. The number of hydrogen-bond donors (Lipinski definition) is 0. The molecule has 4 rings (SSSR count). The average molecular weight is 317 g/mol. The molecule has 7 heteroatoms. The summed E-state index contributed by atoms with van der Waals surface area (Å²) in [5.41, 5.74) is 0. The van der Waals surface area contributed by atoms with Gasteiger partial charge in [-0.1, -0.05) is 0 Å². The number of carbonyl (C=O) groups is 1. The van der Waals surface area contributed by atoms with Gasteiger partial charge in [-0.3, -0.25) is 4.79 Å². The van der Waals surface area contributed by atoms with Crippen molar-refractivity contribution in [2.75, 3.05) is 6.54 Å². The van der Waals surface area contributed by atoms with Crippen molar-refractivity contribution in [3.05, 3.63) is 28.2 Å². The monoisotopic (exact) mass is 317 g/mol. The van der Waals surface area contributed by atoms with Gasteiger partial charge in [-0.15, -0.1) is 21.5 Å². The second-order valence-electron chi connectivity index (χ2n) is 5.93. The predicted octanol–water partition coefficient (Wildman–Crippen LogP) is 2.44. The lowest BCUT2D eigenvalue weighted by atomic mass is 10.0. The number of amides is 1. The van der Waals surface area contributed by atoms with Crippen molar-refractivity contribution in [1.82, 2.24) is 24.6 Å². The minimum atomic E-state index is 0.0144. The molecule has 1 atom stereocenters. The van der Waals surface area contributed by atoms with E-state index in [4.69, 9.17) is 0 Å². The van der Waals surface area contributed by atoms with Crippen molar-refractivity contribution in [2.24, 2.45) is 0 Å². The molecular formula is C15H19N5OS. The molecule has 2 aliphatic heterocycles. The molecule has 0 N–H and O–H groups in total. The second-order valence-corrected chi connectivity index (χ2v) is 6.86. The first-order chi connectivity index (χ1) is 10.8. The van der Waals surface area contributed by atoms with Crippen LogP contribution in [0.15, 0.2) is 11.6 Å². The lowest BCUT2D eigenvalue weighted by molar-refractivity contribution is 0.0591. The largest absolute Gasteiger partial charge is 0.326 e. The van der Waals surface area contributed by atoms with Gasteiger partial charge in [-0.2, -0.15) is 0 Å². The summed E-state index contributed by atoms with van der Waals surface area (Å²) in [6.07, 6.45) is 8.16. The molecule has 2 aromatic rings. The van der Waals surface area contributed by atoms with Crippen molar-refractivity contribution < 1.29 is 4.79 Å². The molecule has 1 saturated heterocycles. The molecule has 6 nitrogen and oxygen atoms in total. The number of hydrogen-bond acceptors (Lipinski definition) is 5. The first-order valence-electron chi connectivity index (χ1n) is 7.97. The van der Waals surface area contributed by atoms with Crippen LogP contribution in [0.5, 0.6) is 0 Å². The second kappa shape index (κ2) is 5.79. The summed E-state index contributed by atoms with van der Waals surface area (Å²) in [5.74, 6) is 1.48. The summed E-state index contributed by atoms with van der Waals surface area (Å²) < 4.78 is 2.01. The topological polar surface area (TPSA) is 63.9 Å². The molecule has 116 valence electrons. The van der Waals surface area contributed by atoms with Gasteiger partial charge >= 0.3 is 0 Å². The fourth-order valence-electron chi connectivity index (χ4n) is 3.43. The number of likely N-dealkylation sites (tertiary alicyclic amines) is 1. The Morgan fingerprint density at radius 1 is 1.18 bits per heavy atom. The number of nitrogens with zero attached hydrogens (tertiary/aromatic N) is 5. The zero-order chi connectivity index (χ0) is 14.9. The molecule has 0 saturated carbocycles. The average Bonchev–Trinajstić information content (AvgIpc) is 3.24. The lowest BCUT2D eigenvalue weighted by Gasteiger charge is -2.34. The highest BCUT2D eigenvalue weighted by Crippen LogP contribution is 2.33. The summed E-state index contributed by atoms with van der Waals surface area (Å²) >= 11 is 1.63. The Morgan fingerprint density at radius 3 is 2.95 bits per heavy atom. The third-order valence-electron chi connectivity index (χ3n) is 4.55. The highest BCUT2D eigenvalue weighted by atomic mass is 32.1. The summed E-state index contributed by atoms with van der Waals surface area (Å²) in [6, 6.07) is 0.0952. The Hall–Kier alpha value is -1.76. The predicted molar refractivity (Wildman–Crippen MR) is 82.7 cm³/mol. The van der Waals surface area contributed by atoms with E-state index in [1.165, 1.54) is 0 Å². The molecule has 0 bridgehead atoms. The van der Waals surface area contributed by atoms with Crippen molar-refractivity contribution in [3.63, 3.8) is 0 Å². The van der Waals surface area contributed by atoms with Crippen LogP contribution in [0, 0.1) is 0 Å². The SMILES string of the molecule is O=C(c1nnc2n1CCCC2)N1CCCC[C@@H]1c1nccs1. The van der Waals surface area contributed by atoms with Gasteiger partial charge in [0.1, 0.15) is 10.8 Å². The minimum Gasteiger partial charge on any atom is -0.326 e. The third-order valence-corrected chi connectivity index (χ3v) is 5.43. The van der Waals surface area contributed by atoms with Gasteiger partial charge < -0.3 is 9.47 Å². The number of aromatic nitrogens is 4. The molecule has 2 aliphatic rings. The summed E-state index contributed by atoms with van der Waals surface area (Å²) in [7, 11) is 0. The van der Waals surface area contributed by atoms with Crippen LogP contribution < -0.4 is 0 Å². The maximum atomic E-state index is 13.0. The first kappa shape index (κ1) is 13.9. The van der Waals surface area contributed by atoms with Crippen molar-refractivity contribution in [1.29, 1.82) is 0 Å². The Morgan fingerprint density at radius 2 is 2.09 bits per heavy atom. The van der Waals surface area contributed by atoms with Gasteiger partial charge in [0.25, 0.3) is 5.91 Å². The zero-order valence-corrected chi connectivity index (χ0v) is 13.3. The molecule has 1 fully saturated rings. The van der Waals surface area contributed by atoms with Crippen LogP contribution in [0.25, 0.3) is 0 Å². The normalized spacial score (nSPS) is 21.6. The van der Waals surface area contributed by atoms with E-state index in [1.807, 2.05) is 21.0 Å². The fraction of sp³-hybridized carbons (Fsp3) is 0.600. The van der Waals surface area contributed by atoms with Crippen molar-refractivity contribution in [2.45, 2.75) is 51.1 Å². The molecule has 22 heavy (non-hydrogen) atoms. The van der Waals surface area contributed by atoms with Crippen LogP contribution in [-0.2, 0) is 13.0 Å². The molecule has 0 unspecified atom stereocenters. The van der Waals surface area contributed by atoms with E-state index in [0.29, 0.717) is 5.82 Å². The smallest absolute Gasteiger partial charge is 0.292 e. The Balaban J connectivity index is 1.64. The number of rotatable bonds is 2. The van der Waals surface area contributed by atoms with E-state index in [1.54, 1.807) is 11.3 Å². The molecule has 0 radical (unpaired) electrons. The van der Waals surface area contributed by atoms with E-state index in [-0.39, 0.29) is 11.9 Å². The van der Waals surface area contributed by atoms with Crippen LogP contribution in [0.1, 0.15) is 59.6 Å². The van der Waals surface area contributed by atoms with E-state index in [0.717, 1.165) is 62.4 Å². The summed E-state index contributed by atoms with van der Waals surface area (Å²) in [4.78, 5) is 19.4. The quantitative estimate of drug-likeness (QED) is 0.853. The van der Waals surface area contributed by atoms with Crippen LogP contribution in [-0.4, -0.2) is 37.1 Å². The number of fused-ring (bicyclic) bond motifs is 1. The molecule has 4 heterocycles. The number of piperidine rings is 1. The highest BCUT2D eigenvalue weighted by molar-refractivity contribution is 7.09. The molecule has 0 spiro atoms. The van der Waals surface area contributed by atoms with Gasteiger partial charge in [-0.05, 0) is 32.1 Å². The van der Waals surface area contributed by atoms with Gasteiger partial charge in [0, 0.05) is 31.1 Å². The maximum Gasteiger partial charge on any atom is 0.292 e. The van der Waals surface area contributed by atoms with Crippen molar-refractivity contribution in [3.8, 4) is 0 Å². The summed E-state index contributed by atoms with van der Waals surface area (Å²) in [6.45, 7) is 1.64. The van der Waals surface area contributed by atoms with Gasteiger partial charge in [0.15, 0.2) is 0 Å². The van der Waals surface area contributed by atoms with E-state index in [9.17, 15) is 4.79 Å². The molecule has 0 aliphatic carbocycles. The Kier molecular flexibility index (Phi) is 3.65. The highest BCUT2D eigenvalue weighted by Gasteiger charge is 2.33. The van der Waals surface area contributed by atoms with Gasteiger partial charge in [-0.25, -0.2) is 4.98 Å². The summed E-state index contributed by atoms with van der Waals surface area (Å²) in [5, 5.41) is 11.4.